The largest absolute Gasteiger partial charge is 0.423 e. The van der Waals surface area contributed by atoms with Crippen LogP contribution in [-0.4, -0.2) is 42.3 Å². The number of hydrogen-bond acceptors (Lipinski definition) is 3. The second kappa shape index (κ2) is 5.40. The monoisotopic (exact) mass is 269 g/mol. The lowest BCUT2D eigenvalue weighted by atomic mass is 10.0. The minimum absolute atomic E-state index is 0.327. The van der Waals surface area contributed by atoms with Crippen molar-refractivity contribution in [3.8, 4) is 0 Å². The second-order valence-electron chi connectivity index (χ2n) is 3.90. The molecule has 9 heteroatoms. The van der Waals surface area contributed by atoms with Gasteiger partial charge in [0.2, 0.25) is 6.10 Å². The zero-order valence-corrected chi connectivity index (χ0v) is 8.90. The van der Waals surface area contributed by atoms with E-state index in [0.29, 0.717) is 0 Å². The fourth-order valence-electron chi connectivity index (χ4n) is 0.864. The van der Waals surface area contributed by atoms with E-state index in [4.69, 9.17) is 10.8 Å². The summed E-state index contributed by atoms with van der Waals surface area (Å²) in [6, 6.07) is 0. The number of halogens is 6. The lowest BCUT2D eigenvalue weighted by Gasteiger charge is -2.26. The Balaban J connectivity index is 4.41. The number of aliphatic hydroxyl groups excluding tert-OH is 1. The minimum atomic E-state index is -5.53. The molecule has 0 saturated carbocycles. The first-order valence-electron chi connectivity index (χ1n) is 4.55. The molecule has 3 N–H and O–H groups in total. The van der Waals surface area contributed by atoms with Crippen LogP contribution in [0, 0.1) is 0 Å². The van der Waals surface area contributed by atoms with E-state index in [9.17, 15) is 26.3 Å². The molecule has 0 rings (SSSR count). The average Bonchev–Trinajstić information content (AvgIpc) is 2.08. The van der Waals surface area contributed by atoms with E-state index in [0.717, 1.165) is 0 Å². The number of ether oxygens (including phenoxy) is 1. The Hall–Kier alpha value is -0.540. The van der Waals surface area contributed by atoms with Crippen LogP contribution in [0.4, 0.5) is 26.3 Å². The number of aliphatic hydroxyl groups is 1. The van der Waals surface area contributed by atoms with Crippen LogP contribution in [0.3, 0.4) is 0 Å². The fraction of sp³-hybridized carbons (Fsp3) is 1.00. The summed E-state index contributed by atoms with van der Waals surface area (Å²) in [5, 5.41) is 8.65. The van der Waals surface area contributed by atoms with Crippen molar-refractivity contribution in [3.05, 3.63) is 0 Å². The zero-order chi connectivity index (χ0) is 13.9. The quantitative estimate of drug-likeness (QED) is 0.745. The van der Waals surface area contributed by atoms with Crippen molar-refractivity contribution in [2.24, 2.45) is 5.73 Å². The van der Waals surface area contributed by atoms with E-state index in [1.165, 1.54) is 6.92 Å². The summed E-state index contributed by atoms with van der Waals surface area (Å²) in [6.07, 6.45) is -15.2. The Morgan fingerprint density at radius 2 is 1.53 bits per heavy atom. The smallest absolute Gasteiger partial charge is 0.394 e. The maximum absolute atomic E-state index is 12.0. The van der Waals surface area contributed by atoms with Gasteiger partial charge < -0.3 is 15.6 Å². The van der Waals surface area contributed by atoms with E-state index < -0.39 is 37.2 Å². The normalized spacial score (nSPS) is 17.3. The van der Waals surface area contributed by atoms with Crippen molar-refractivity contribution in [3.63, 3.8) is 0 Å². The van der Waals surface area contributed by atoms with Crippen LogP contribution in [0.25, 0.3) is 0 Å². The van der Waals surface area contributed by atoms with Crippen molar-refractivity contribution < 1.29 is 36.2 Å². The molecular formula is C8H13F6NO2. The highest BCUT2D eigenvalue weighted by Gasteiger charge is 2.57. The molecular weight excluding hydrogens is 256 g/mol. The Morgan fingerprint density at radius 1 is 1.12 bits per heavy atom. The zero-order valence-electron chi connectivity index (χ0n) is 8.90. The highest BCUT2D eigenvalue weighted by Crippen LogP contribution is 2.35. The van der Waals surface area contributed by atoms with Gasteiger partial charge in [-0.1, -0.05) is 0 Å². The molecule has 0 aromatic carbocycles. The molecule has 0 aliphatic carbocycles. The summed E-state index contributed by atoms with van der Waals surface area (Å²) in [7, 11) is 0. The van der Waals surface area contributed by atoms with Crippen molar-refractivity contribution in [2.45, 2.75) is 37.3 Å². The van der Waals surface area contributed by atoms with Crippen LogP contribution in [0.5, 0.6) is 0 Å². The van der Waals surface area contributed by atoms with E-state index in [-0.39, 0.29) is 6.42 Å². The summed E-state index contributed by atoms with van der Waals surface area (Å²) in [4.78, 5) is 0. The van der Waals surface area contributed by atoms with Gasteiger partial charge in [-0.25, -0.2) is 0 Å². The first-order chi connectivity index (χ1) is 7.40. The second-order valence-corrected chi connectivity index (χ2v) is 3.90. The van der Waals surface area contributed by atoms with Gasteiger partial charge in [0, 0.05) is 12.1 Å². The minimum Gasteiger partial charge on any atom is -0.394 e. The molecule has 0 heterocycles. The van der Waals surface area contributed by atoms with Crippen LogP contribution in [0.1, 0.15) is 13.3 Å². The number of nitrogens with two attached hydrogens (primary N) is 1. The molecule has 0 bridgehead atoms. The van der Waals surface area contributed by atoms with Crippen LogP contribution < -0.4 is 5.73 Å². The summed E-state index contributed by atoms with van der Waals surface area (Å²) in [6.45, 7) is -0.136. The van der Waals surface area contributed by atoms with E-state index >= 15 is 0 Å². The highest BCUT2D eigenvalue weighted by molar-refractivity contribution is 4.79. The van der Waals surface area contributed by atoms with Crippen molar-refractivity contribution in [2.75, 3.05) is 13.2 Å². The van der Waals surface area contributed by atoms with Gasteiger partial charge in [0.25, 0.3) is 0 Å². The Kier molecular flexibility index (Phi) is 5.23. The van der Waals surface area contributed by atoms with Crippen molar-refractivity contribution in [1.29, 1.82) is 0 Å². The van der Waals surface area contributed by atoms with Crippen LogP contribution in [-0.2, 0) is 4.74 Å². The third kappa shape index (κ3) is 6.08. The molecule has 0 fully saturated rings. The average molecular weight is 269 g/mol. The summed E-state index contributed by atoms with van der Waals surface area (Å²) in [5.41, 5.74) is 4.05. The van der Waals surface area contributed by atoms with Gasteiger partial charge in [-0.2, -0.15) is 26.3 Å². The van der Waals surface area contributed by atoms with Gasteiger partial charge in [0.1, 0.15) is 0 Å². The van der Waals surface area contributed by atoms with Crippen molar-refractivity contribution >= 4 is 0 Å². The van der Waals surface area contributed by atoms with E-state index in [2.05, 4.69) is 4.74 Å². The first kappa shape index (κ1) is 16.5. The highest BCUT2D eigenvalue weighted by atomic mass is 19.4. The first-order valence-corrected chi connectivity index (χ1v) is 4.55. The SMILES string of the molecule is CC(N)(CO)CCOC(C(F)(F)F)C(F)(F)F. The molecule has 0 aromatic rings. The van der Waals surface area contributed by atoms with Gasteiger partial charge in [-0.3, -0.25) is 0 Å². The maximum Gasteiger partial charge on any atom is 0.423 e. The summed E-state index contributed by atoms with van der Waals surface area (Å²) in [5.74, 6) is 0. The molecule has 0 aromatic heterocycles. The van der Waals surface area contributed by atoms with Crippen molar-refractivity contribution in [1.82, 2.24) is 0 Å². The molecule has 1 unspecified atom stereocenters. The molecule has 104 valence electrons. The third-order valence-electron chi connectivity index (χ3n) is 1.91. The van der Waals surface area contributed by atoms with Gasteiger partial charge in [-0.15, -0.1) is 0 Å². The number of alkyl halides is 6. The number of rotatable bonds is 5. The Bertz CT molecular complexity index is 223. The van der Waals surface area contributed by atoms with Gasteiger partial charge >= 0.3 is 12.4 Å². The Labute approximate surface area is 93.5 Å². The summed E-state index contributed by atoms with van der Waals surface area (Å²) >= 11 is 0. The lowest BCUT2D eigenvalue weighted by Crippen LogP contribution is -2.46. The molecule has 0 aliphatic rings. The van der Waals surface area contributed by atoms with Crippen LogP contribution in [0.2, 0.25) is 0 Å². The molecule has 0 amide bonds. The predicted octanol–water partition coefficient (Wildman–Crippen LogP) is 1.60. The topological polar surface area (TPSA) is 55.5 Å². The van der Waals surface area contributed by atoms with Crippen LogP contribution >= 0.6 is 0 Å². The molecule has 1 atom stereocenters. The van der Waals surface area contributed by atoms with Gasteiger partial charge in [0.15, 0.2) is 0 Å². The fourth-order valence-corrected chi connectivity index (χ4v) is 0.864. The molecule has 0 spiro atoms. The van der Waals surface area contributed by atoms with E-state index in [1.54, 1.807) is 0 Å². The lowest BCUT2D eigenvalue weighted by molar-refractivity contribution is -0.322. The van der Waals surface area contributed by atoms with E-state index in [1.807, 2.05) is 0 Å². The Morgan fingerprint density at radius 3 is 1.82 bits per heavy atom. The predicted molar refractivity (Wildman–Crippen MR) is 46.1 cm³/mol. The molecule has 3 nitrogen and oxygen atoms in total. The number of hydrogen-bond donors (Lipinski definition) is 2. The van der Waals surface area contributed by atoms with Gasteiger partial charge in [0.05, 0.1) is 6.61 Å². The molecule has 0 saturated heterocycles. The van der Waals surface area contributed by atoms with Crippen LogP contribution in [0.15, 0.2) is 0 Å². The third-order valence-corrected chi connectivity index (χ3v) is 1.91. The van der Waals surface area contributed by atoms with Gasteiger partial charge in [-0.05, 0) is 13.3 Å². The summed E-state index contributed by atoms with van der Waals surface area (Å²) < 4.78 is 75.7. The molecule has 17 heavy (non-hydrogen) atoms. The molecule has 0 radical (unpaired) electrons. The maximum atomic E-state index is 12.0. The molecule has 0 aliphatic heterocycles. The standard InChI is InChI=1S/C8H13F6NO2/c1-6(15,4-16)2-3-17-5(7(9,10)11)8(12,13)14/h5,16H,2-4,15H2,1H3.